The minimum Gasteiger partial charge on any atom is -0.462 e. The molecule has 0 fully saturated rings. The van der Waals surface area contributed by atoms with Gasteiger partial charge >= 0.3 is 17.9 Å². The summed E-state index contributed by atoms with van der Waals surface area (Å²) in [4.78, 5) is 37.8. The summed E-state index contributed by atoms with van der Waals surface area (Å²) in [6.07, 6.45) is 75.1. The molecule has 422 valence electrons. The molecule has 0 aliphatic rings. The van der Waals surface area contributed by atoms with Crippen LogP contribution in [0.3, 0.4) is 0 Å². The zero-order chi connectivity index (χ0) is 52.2. The minimum atomic E-state index is -0.773. The summed E-state index contributed by atoms with van der Waals surface area (Å²) < 4.78 is 16.7. The predicted octanol–water partition coefficient (Wildman–Crippen LogP) is 21.6. The van der Waals surface area contributed by atoms with Gasteiger partial charge in [0.15, 0.2) is 6.10 Å². The van der Waals surface area contributed by atoms with Gasteiger partial charge in [0.2, 0.25) is 0 Å². The van der Waals surface area contributed by atoms with Crippen molar-refractivity contribution in [2.75, 3.05) is 13.2 Å². The maximum absolute atomic E-state index is 12.8. The Bertz CT molecular complexity index is 1210. The van der Waals surface area contributed by atoms with Crippen molar-refractivity contribution in [3.63, 3.8) is 0 Å². The first-order valence-electron chi connectivity index (χ1n) is 32.0. The van der Waals surface area contributed by atoms with E-state index in [1.165, 1.54) is 218 Å². The van der Waals surface area contributed by atoms with E-state index in [-0.39, 0.29) is 31.1 Å². The van der Waals surface area contributed by atoms with Gasteiger partial charge in [0, 0.05) is 19.3 Å². The number of hydrogen-bond acceptors (Lipinski definition) is 6. The molecular formula is C66H122O6. The highest BCUT2D eigenvalue weighted by Crippen LogP contribution is 2.17. The lowest BCUT2D eigenvalue weighted by molar-refractivity contribution is -0.167. The van der Waals surface area contributed by atoms with Gasteiger partial charge in [0.1, 0.15) is 13.2 Å². The summed E-state index contributed by atoms with van der Waals surface area (Å²) in [5, 5.41) is 0. The fourth-order valence-electron chi connectivity index (χ4n) is 9.53. The summed E-state index contributed by atoms with van der Waals surface area (Å²) >= 11 is 0. The number of rotatable bonds is 59. The predicted molar refractivity (Wildman–Crippen MR) is 312 cm³/mol. The monoisotopic (exact) mass is 1010 g/mol. The van der Waals surface area contributed by atoms with Crippen LogP contribution < -0.4 is 0 Å². The van der Waals surface area contributed by atoms with Gasteiger partial charge in [0.05, 0.1) is 0 Å². The van der Waals surface area contributed by atoms with E-state index in [2.05, 4.69) is 57.2 Å². The van der Waals surface area contributed by atoms with Gasteiger partial charge in [-0.05, 0) is 77.0 Å². The zero-order valence-electron chi connectivity index (χ0n) is 48.5. The molecule has 72 heavy (non-hydrogen) atoms. The molecule has 0 aromatic carbocycles. The van der Waals surface area contributed by atoms with Crippen LogP contribution in [0, 0.1) is 0 Å². The van der Waals surface area contributed by atoms with Crippen molar-refractivity contribution < 1.29 is 28.6 Å². The van der Waals surface area contributed by atoms with Crippen LogP contribution in [0.2, 0.25) is 0 Å². The lowest BCUT2D eigenvalue weighted by Gasteiger charge is -2.18. The molecule has 0 rings (SSSR count). The first-order valence-corrected chi connectivity index (χ1v) is 32.0. The molecule has 6 heteroatoms. The number of carbonyl (C=O) groups excluding carboxylic acids is 3. The maximum Gasteiger partial charge on any atom is 0.306 e. The number of esters is 3. The minimum absolute atomic E-state index is 0.0745. The van der Waals surface area contributed by atoms with Crippen LogP contribution >= 0.6 is 0 Å². The van der Waals surface area contributed by atoms with Crippen LogP contribution in [0.4, 0.5) is 0 Å². The number of ether oxygens (including phenoxy) is 3. The Hall–Kier alpha value is -2.37. The van der Waals surface area contributed by atoms with Gasteiger partial charge in [-0.3, -0.25) is 14.4 Å². The second kappa shape index (κ2) is 61.2. The fourth-order valence-corrected chi connectivity index (χ4v) is 9.53. The molecule has 0 aromatic heterocycles. The molecule has 0 spiro atoms. The fraction of sp³-hybridized carbons (Fsp3) is 0.864. The largest absolute Gasteiger partial charge is 0.462 e. The van der Waals surface area contributed by atoms with Crippen molar-refractivity contribution in [1.82, 2.24) is 0 Å². The van der Waals surface area contributed by atoms with Crippen LogP contribution in [-0.2, 0) is 28.6 Å². The summed E-state index contributed by atoms with van der Waals surface area (Å²) in [5.74, 6) is -0.886. The molecule has 0 heterocycles. The van der Waals surface area contributed by atoms with Crippen molar-refractivity contribution in [3.8, 4) is 0 Å². The van der Waals surface area contributed by atoms with Gasteiger partial charge in [-0.15, -0.1) is 0 Å². The van der Waals surface area contributed by atoms with Gasteiger partial charge in [0.25, 0.3) is 0 Å². The Kier molecular flexibility index (Phi) is 59.2. The van der Waals surface area contributed by atoms with Crippen LogP contribution in [0.1, 0.15) is 348 Å². The molecular weight excluding hydrogens is 889 g/mol. The maximum atomic E-state index is 12.8. The summed E-state index contributed by atoms with van der Waals surface area (Å²) in [6, 6.07) is 0. The van der Waals surface area contributed by atoms with E-state index in [1.54, 1.807) is 0 Å². The van der Waals surface area contributed by atoms with Crippen LogP contribution in [0.5, 0.6) is 0 Å². The zero-order valence-corrected chi connectivity index (χ0v) is 48.5. The quantitative estimate of drug-likeness (QED) is 0.0261. The average molecular weight is 1010 g/mol. The van der Waals surface area contributed by atoms with Crippen LogP contribution in [0.25, 0.3) is 0 Å². The Balaban J connectivity index is 3.89. The van der Waals surface area contributed by atoms with Gasteiger partial charge in [-0.1, -0.05) is 288 Å². The van der Waals surface area contributed by atoms with E-state index in [0.29, 0.717) is 19.3 Å². The molecule has 0 bridgehead atoms. The summed E-state index contributed by atoms with van der Waals surface area (Å²) in [7, 11) is 0. The van der Waals surface area contributed by atoms with Gasteiger partial charge < -0.3 is 14.2 Å². The van der Waals surface area contributed by atoms with E-state index in [9.17, 15) is 14.4 Å². The molecule has 0 amide bonds. The Labute approximate surface area is 448 Å². The van der Waals surface area contributed by atoms with E-state index in [0.717, 1.165) is 89.9 Å². The third kappa shape index (κ3) is 58.5. The third-order valence-electron chi connectivity index (χ3n) is 14.4. The second-order valence-corrected chi connectivity index (χ2v) is 21.7. The third-order valence-corrected chi connectivity index (χ3v) is 14.4. The van der Waals surface area contributed by atoms with Crippen LogP contribution in [-0.4, -0.2) is 37.2 Å². The van der Waals surface area contributed by atoms with E-state index in [4.69, 9.17) is 14.2 Å². The van der Waals surface area contributed by atoms with Crippen molar-refractivity contribution in [2.24, 2.45) is 0 Å². The molecule has 1 atom stereocenters. The standard InChI is InChI=1S/C66H122O6/c1-4-7-10-13-15-17-19-21-23-25-26-27-28-29-30-31-32-33-34-35-36-37-38-39-40-41-43-44-46-48-50-53-56-59-65(68)71-62-63(61-70-64(67)58-55-52-12-9-6-3)72-66(69)60-57-54-51-49-47-45-42-24-22-20-18-16-14-11-8-5-2/h18,20,24-26,42,63H,4-17,19,21-23,27-41,43-62H2,1-3H3/b20-18-,26-25-,42-24-. The van der Waals surface area contributed by atoms with Crippen molar-refractivity contribution >= 4 is 17.9 Å². The molecule has 0 aromatic rings. The molecule has 0 aliphatic carbocycles. The Morgan fingerprint density at radius 2 is 0.500 bits per heavy atom. The topological polar surface area (TPSA) is 78.9 Å². The highest BCUT2D eigenvalue weighted by Gasteiger charge is 2.19. The van der Waals surface area contributed by atoms with E-state index >= 15 is 0 Å². The highest BCUT2D eigenvalue weighted by atomic mass is 16.6. The first kappa shape index (κ1) is 69.6. The highest BCUT2D eigenvalue weighted by molar-refractivity contribution is 5.71. The summed E-state index contributed by atoms with van der Waals surface area (Å²) in [5.41, 5.74) is 0. The van der Waals surface area contributed by atoms with Crippen LogP contribution in [0.15, 0.2) is 36.5 Å². The SMILES string of the molecule is CCCCCC/C=C\C/C=C\CCCCCCCC(=O)OC(COC(=O)CCCCCCC)COC(=O)CCCCCCCCCCCCCCCCCCCCCCC/C=C\CCCCCCCCCC. The van der Waals surface area contributed by atoms with Crippen molar-refractivity contribution in [1.29, 1.82) is 0 Å². The Morgan fingerprint density at radius 3 is 0.792 bits per heavy atom. The number of unbranched alkanes of at least 4 members (excludes halogenated alkanes) is 42. The number of carbonyl (C=O) groups is 3. The number of hydrogen-bond donors (Lipinski definition) is 0. The molecule has 1 unspecified atom stereocenters. The van der Waals surface area contributed by atoms with Crippen molar-refractivity contribution in [3.05, 3.63) is 36.5 Å². The Morgan fingerprint density at radius 1 is 0.278 bits per heavy atom. The molecule has 0 radical (unpaired) electrons. The van der Waals surface area contributed by atoms with E-state index < -0.39 is 6.10 Å². The molecule has 0 saturated carbocycles. The second-order valence-electron chi connectivity index (χ2n) is 21.7. The lowest BCUT2D eigenvalue weighted by atomic mass is 10.0. The molecule has 0 N–H and O–H groups in total. The molecule has 0 saturated heterocycles. The number of allylic oxidation sites excluding steroid dienone is 6. The van der Waals surface area contributed by atoms with Gasteiger partial charge in [-0.2, -0.15) is 0 Å². The lowest BCUT2D eigenvalue weighted by Crippen LogP contribution is -2.30. The first-order chi connectivity index (χ1) is 35.5. The molecule has 0 aliphatic heterocycles. The normalized spacial score (nSPS) is 12.2. The van der Waals surface area contributed by atoms with Crippen molar-refractivity contribution in [2.45, 2.75) is 354 Å². The summed E-state index contributed by atoms with van der Waals surface area (Å²) in [6.45, 7) is 6.57. The smallest absolute Gasteiger partial charge is 0.306 e. The van der Waals surface area contributed by atoms with E-state index in [1.807, 2.05) is 0 Å². The molecule has 6 nitrogen and oxygen atoms in total. The van der Waals surface area contributed by atoms with Gasteiger partial charge in [-0.25, -0.2) is 0 Å². The average Bonchev–Trinajstić information content (AvgIpc) is 3.38.